The lowest BCUT2D eigenvalue weighted by Crippen LogP contribution is -2.43. The highest BCUT2D eigenvalue weighted by molar-refractivity contribution is 6.34. The Morgan fingerprint density at radius 3 is 2.60 bits per heavy atom. The lowest BCUT2D eigenvalue weighted by atomic mass is 10.1. The van der Waals surface area contributed by atoms with Crippen molar-refractivity contribution in [2.24, 2.45) is 5.92 Å². The topological polar surface area (TPSA) is 40.5 Å². The fraction of sp³-hybridized carbons (Fsp3) is 0.533. The molecular formula is C15H17Cl2NO2. The van der Waals surface area contributed by atoms with Crippen molar-refractivity contribution in [3.8, 4) is 0 Å². The van der Waals surface area contributed by atoms with Gasteiger partial charge in [0.2, 0.25) is 5.91 Å². The molecule has 1 saturated carbocycles. The summed E-state index contributed by atoms with van der Waals surface area (Å²) >= 11 is 12.0. The predicted octanol–water partition coefficient (Wildman–Crippen LogP) is 3.08. The first-order chi connectivity index (χ1) is 9.54. The van der Waals surface area contributed by atoms with Crippen LogP contribution in [-0.4, -0.2) is 35.1 Å². The maximum Gasteiger partial charge on any atom is 0.226 e. The van der Waals surface area contributed by atoms with Crippen molar-refractivity contribution in [3.63, 3.8) is 0 Å². The van der Waals surface area contributed by atoms with Gasteiger partial charge in [-0.15, -0.1) is 0 Å². The Morgan fingerprint density at radius 2 is 1.95 bits per heavy atom. The Bertz CT molecular complexity index is 514. The molecule has 1 heterocycles. The number of hydrogen-bond donors (Lipinski definition) is 1. The third kappa shape index (κ3) is 2.95. The molecular weight excluding hydrogens is 297 g/mol. The summed E-state index contributed by atoms with van der Waals surface area (Å²) in [5.74, 6) is 0.400. The van der Waals surface area contributed by atoms with Crippen LogP contribution in [0.3, 0.4) is 0 Å². The van der Waals surface area contributed by atoms with Crippen LogP contribution in [0.4, 0.5) is 0 Å². The second-order valence-corrected chi connectivity index (χ2v) is 6.60. The molecule has 2 fully saturated rings. The van der Waals surface area contributed by atoms with Crippen molar-refractivity contribution < 1.29 is 9.90 Å². The summed E-state index contributed by atoms with van der Waals surface area (Å²) in [4.78, 5) is 14.2. The molecule has 5 heteroatoms. The molecule has 3 nitrogen and oxygen atoms in total. The SMILES string of the molecule is O=C([C@@H]1C[C@@H]1c1cc(Cl)cc(Cl)c1)N1CCC[C@H](O)C1. The van der Waals surface area contributed by atoms with E-state index in [0.29, 0.717) is 16.6 Å². The van der Waals surface area contributed by atoms with E-state index < -0.39 is 0 Å². The molecule has 0 spiro atoms. The molecule has 2 aliphatic rings. The van der Waals surface area contributed by atoms with Crippen molar-refractivity contribution in [2.75, 3.05) is 13.1 Å². The van der Waals surface area contributed by atoms with Crippen LogP contribution in [0.15, 0.2) is 18.2 Å². The summed E-state index contributed by atoms with van der Waals surface area (Å²) < 4.78 is 0. The summed E-state index contributed by atoms with van der Waals surface area (Å²) in [5.41, 5.74) is 1.04. The van der Waals surface area contributed by atoms with E-state index in [4.69, 9.17) is 23.2 Å². The van der Waals surface area contributed by atoms with Gasteiger partial charge in [0.05, 0.1) is 6.10 Å². The van der Waals surface area contributed by atoms with Gasteiger partial charge < -0.3 is 10.0 Å². The molecule has 20 heavy (non-hydrogen) atoms. The van der Waals surface area contributed by atoms with Gasteiger partial charge >= 0.3 is 0 Å². The Kier molecular flexibility index (Phi) is 3.93. The molecule has 1 aliphatic heterocycles. The van der Waals surface area contributed by atoms with Gasteiger partial charge in [-0.05, 0) is 48.9 Å². The molecule has 1 aromatic rings. The van der Waals surface area contributed by atoms with Crippen LogP contribution in [0.1, 0.15) is 30.7 Å². The lowest BCUT2D eigenvalue weighted by molar-refractivity contribution is -0.135. The zero-order valence-electron chi connectivity index (χ0n) is 11.1. The van der Waals surface area contributed by atoms with Gasteiger partial charge in [-0.2, -0.15) is 0 Å². The van der Waals surface area contributed by atoms with Crippen molar-refractivity contribution in [3.05, 3.63) is 33.8 Å². The maximum absolute atomic E-state index is 12.4. The van der Waals surface area contributed by atoms with E-state index in [-0.39, 0.29) is 23.8 Å². The number of carbonyl (C=O) groups excluding carboxylic acids is 1. The minimum absolute atomic E-state index is 0.0230. The minimum atomic E-state index is -0.370. The van der Waals surface area contributed by atoms with E-state index in [9.17, 15) is 9.90 Å². The predicted molar refractivity (Wildman–Crippen MR) is 79.1 cm³/mol. The Balaban J connectivity index is 1.67. The normalized spacial score (nSPS) is 29.4. The number of β-amino-alcohol motifs (C(OH)–C–C–N with tert-alkyl or cyclic N) is 1. The number of aliphatic hydroxyl groups excluding tert-OH is 1. The van der Waals surface area contributed by atoms with Gasteiger partial charge in [-0.3, -0.25) is 4.79 Å². The average Bonchev–Trinajstić information content (AvgIpc) is 3.17. The number of benzene rings is 1. The third-order valence-electron chi connectivity index (χ3n) is 4.13. The highest BCUT2D eigenvalue weighted by Gasteiger charge is 2.46. The average molecular weight is 314 g/mol. The minimum Gasteiger partial charge on any atom is -0.391 e. The number of rotatable bonds is 2. The maximum atomic E-state index is 12.4. The molecule has 0 unspecified atom stereocenters. The molecule has 0 aromatic heterocycles. The van der Waals surface area contributed by atoms with Crippen LogP contribution in [0.25, 0.3) is 0 Å². The molecule has 0 bridgehead atoms. The third-order valence-corrected chi connectivity index (χ3v) is 4.57. The second-order valence-electron chi connectivity index (χ2n) is 5.73. The summed E-state index contributed by atoms with van der Waals surface area (Å²) in [6.45, 7) is 1.23. The summed E-state index contributed by atoms with van der Waals surface area (Å²) in [5, 5.41) is 10.9. The first kappa shape index (κ1) is 14.2. The van der Waals surface area contributed by atoms with Gasteiger partial charge in [0.15, 0.2) is 0 Å². The first-order valence-electron chi connectivity index (χ1n) is 6.97. The quantitative estimate of drug-likeness (QED) is 0.911. The van der Waals surface area contributed by atoms with E-state index in [1.54, 1.807) is 11.0 Å². The van der Waals surface area contributed by atoms with Gasteiger partial charge in [0, 0.05) is 29.1 Å². The Labute approximate surface area is 128 Å². The number of nitrogens with zero attached hydrogens (tertiary/aromatic N) is 1. The lowest BCUT2D eigenvalue weighted by Gasteiger charge is -2.30. The van der Waals surface area contributed by atoms with E-state index in [1.807, 2.05) is 12.1 Å². The standard InChI is InChI=1S/C15H17Cl2NO2/c16-10-4-9(5-11(17)6-10)13-7-14(13)15(20)18-3-1-2-12(19)8-18/h4-6,12-14,19H,1-3,7-8H2/t12-,13+,14+/m0/s1. The van der Waals surface area contributed by atoms with Crippen molar-refractivity contribution in [2.45, 2.75) is 31.3 Å². The Morgan fingerprint density at radius 1 is 1.25 bits per heavy atom. The van der Waals surface area contributed by atoms with Crippen LogP contribution < -0.4 is 0 Å². The largest absolute Gasteiger partial charge is 0.391 e. The number of halogens is 2. The van der Waals surface area contributed by atoms with Gasteiger partial charge in [-0.1, -0.05) is 23.2 Å². The summed E-state index contributed by atoms with van der Waals surface area (Å²) in [6, 6.07) is 5.47. The van der Waals surface area contributed by atoms with Crippen molar-refractivity contribution in [1.29, 1.82) is 0 Å². The molecule has 1 aromatic carbocycles. The molecule has 0 radical (unpaired) electrons. The number of aliphatic hydroxyl groups is 1. The number of piperidine rings is 1. The summed E-state index contributed by atoms with van der Waals surface area (Å²) in [6.07, 6.45) is 2.16. The smallest absolute Gasteiger partial charge is 0.226 e. The number of amides is 1. The van der Waals surface area contributed by atoms with Crippen LogP contribution in [0.2, 0.25) is 10.0 Å². The number of hydrogen-bond acceptors (Lipinski definition) is 2. The zero-order chi connectivity index (χ0) is 14.3. The summed E-state index contributed by atoms with van der Waals surface area (Å²) in [7, 11) is 0. The van der Waals surface area contributed by atoms with Crippen LogP contribution >= 0.6 is 23.2 Å². The molecule has 108 valence electrons. The molecule has 1 aliphatic carbocycles. The van der Waals surface area contributed by atoms with Crippen LogP contribution in [0.5, 0.6) is 0 Å². The molecule has 1 N–H and O–H groups in total. The van der Waals surface area contributed by atoms with Crippen molar-refractivity contribution in [1.82, 2.24) is 4.90 Å². The fourth-order valence-electron chi connectivity index (χ4n) is 3.01. The van der Waals surface area contributed by atoms with E-state index in [1.165, 1.54) is 0 Å². The highest BCUT2D eigenvalue weighted by Crippen LogP contribution is 2.49. The first-order valence-corrected chi connectivity index (χ1v) is 7.73. The highest BCUT2D eigenvalue weighted by atomic mass is 35.5. The van der Waals surface area contributed by atoms with Gasteiger partial charge in [0.25, 0.3) is 0 Å². The fourth-order valence-corrected chi connectivity index (χ4v) is 3.56. The van der Waals surface area contributed by atoms with Gasteiger partial charge in [-0.25, -0.2) is 0 Å². The molecule has 3 atom stereocenters. The molecule has 1 amide bonds. The number of likely N-dealkylation sites (tertiary alicyclic amines) is 1. The molecule has 1 saturated heterocycles. The van der Waals surface area contributed by atoms with E-state index in [0.717, 1.165) is 31.4 Å². The second kappa shape index (κ2) is 5.55. The van der Waals surface area contributed by atoms with Crippen molar-refractivity contribution >= 4 is 29.1 Å². The zero-order valence-corrected chi connectivity index (χ0v) is 12.6. The van der Waals surface area contributed by atoms with E-state index >= 15 is 0 Å². The van der Waals surface area contributed by atoms with Gasteiger partial charge in [0.1, 0.15) is 0 Å². The number of carbonyl (C=O) groups is 1. The van der Waals surface area contributed by atoms with Crippen LogP contribution in [0, 0.1) is 5.92 Å². The monoisotopic (exact) mass is 313 g/mol. The van der Waals surface area contributed by atoms with Crippen LogP contribution in [-0.2, 0) is 4.79 Å². The van der Waals surface area contributed by atoms with E-state index in [2.05, 4.69) is 0 Å². The molecule has 3 rings (SSSR count). The Hall–Kier alpha value is -0.770.